The lowest BCUT2D eigenvalue weighted by molar-refractivity contribution is -0.139. The van der Waals surface area contributed by atoms with E-state index in [4.69, 9.17) is 10.2 Å². The van der Waals surface area contributed by atoms with Crippen molar-refractivity contribution in [1.29, 1.82) is 0 Å². The molecule has 0 heterocycles. The molecule has 0 rings (SSSR count). The quantitative estimate of drug-likeness (QED) is 0.311. The van der Waals surface area contributed by atoms with E-state index in [9.17, 15) is 9.59 Å². The van der Waals surface area contributed by atoms with Crippen LogP contribution in [0.4, 0.5) is 0 Å². The lowest BCUT2D eigenvalue weighted by Gasteiger charge is -2.05. The molecule has 94 valence electrons. The minimum Gasteiger partial charge on any atom is -0.396 e. The van der Waals surface area contributed by atoms with Crippen molar-refractivity contribution >= 4 is 11.8 Å². The second kappa shape index (κ2) is 10.4. The normalized spacial score (nSPS) is 9.88. The highest BCUT2D eigenvalue weighted by Crippen LogP contribution is 1.91. The molecule has 0 bridgehead atoms. The summed E-state index contributed by atoms with van der Waals surface area (Å²) in [5, 5.41) is 21.8. The van der Waals surface area contributed by atoms with Gasteiger partial charge < -0.3 is 20.8 Å². The van der Waals surface area contributed by atoms with Crippen molar-refractivity contribution in [2.75, 3.05) is 26.3 Å². The van der Waals surface area contributed by atoms with Crippen LogP contribution < -0.4 is 10.6 Å². The van der Waals surface area contributed by atoms with Crippen LogP contribution in [0.5, 0.6) is 0 Å². The van der Waals surface area contributed by atoms with Gasteiger partial charge in [0.15, 0.2) is 0 Å². The van der Waals surface area contributed by atoms with E-state index in [-0.39, 0.29) is 13.2 Å². The molecule has 0 atom stereocenters. The van der Waals surface area contributed by atoms with E-state index in [1.807, 2.05) is 0 Å². The molecule has 0 radical (unpaired) electrons. The highest BCUT2D eigenvalue weighted by Gasteiger charge is 2.10. The second-order valence-corrected chi connectivity index (χ2v) is 3.37. The zero-order valence-electron chi connectivity index (χ0n) is 9.37. The summed E-state index contributed by atoms with van der Waals surface area (Å²) < 4.78 is 0. The van der Waals surface area contributed by atoms with Gasteiger partial charge in [-0.15, -0.1) is 0 Å². The van der Waals surface area contributed by atoms with Crippen molar-refractivity contribution in [3.8, 4) is 0 Å². The Bertz CT molecular complexity index is 209. The van der Waals surface area contributed by atoms with E-state index in [1.54, 1.807) is 0 Å². The van der Waals surface area contributed by atoms with Gasteiger partial charge in [0.1, 0.15) is 0 Å². The fraction of sp³-hybridized carbons (Fsp3) is 0.800. The molecule has 6 heteroatoms. The van der Waals surface area contributed by atoms with Crippen LogP contribution in [0, 0.1) is 0 Å². The van der Waals surface area contributed by atoms with E-state index in [1.165, 1.54) is 0 Å². The third-order valence-electron chi connectivity index (χ3n) is 1.95. The van der Waals surface area contributed by atoms with Crippen LogP contribution >= 0.6 is 0 Å². The standard InChI is InChI=1S/C10H20N2O4/c13-7-3-1-2-5-11-9(15)10(16)12-6-4-8-14/h13-14H,1-8H2,(H,11,15)(H,12,16). The molecule has 0 aliphatic heterocycles. The van der Waals surface area contributed by atoms with Gasteiger partial charge in [-0.3, -0.25) is 9.59 Å². The van der Waals surface area contributed by atoms with E-state index in [0.29, 0.717) is 25.9 Å². The predicted molar refractivity (Wildman–Crippen MR) is 58.7 cm³/mol. The second-order valence-electron chi connectivity index (χ2n) is 3.37. The first-order chi connectivity index (χ1) is 7.72. The largest absolute Gasteiger partial charge is 0.396 e. The molecule has 16 heavy (non-hydrogen) atoms. The van der Waals surface area contributed by atoms with Crippen molar-refractivity contribution in [2.24, 2.45) is 0 Å². The number of aliphatic hydroxyl groups excluding tert-OH is 2. The number of rotatable bonds is 8. The Hall–Kier alpha value is -1.14. The fourth-order valence-electron chi connectivity index (χ4n) is 1.06. The summed E-state index contributed by atoms with van der Waals surface area (Å²) in [6.45, 7) is 0.873. The van der Waals surface area contributed by atoms with Gasteiger partial charge in [0, 0.05) is 26.3 Å². The van der Waals surface area contributed by atoms with Crippen LogP contribution in [-0.4, -0.2) is 48.3 Å². The molecule has 4 N–H and O–H groups in total. The highest BCUT2D eigenvalue weighted by molar-refractivity contribution is 6.35. The van der Waals surface area contributed by atoms with E-state index in [2.05, 4.69) is 10.6 Å². The average molecular weight is 232 g/mol. The first kappa shape index (κ1) is 14.9. The number of aliphatic hydroxyl groups is 2. The number of carbonyl (C=O) groups is 2. The summed E-state index contributed by atoms with van der Waals surface area (Å²) in [7, 11) is 0. The molecule has 0 aromatic heterocycles. The van der Waals surface area contributed by atoms with Crippen LogP contribution in [0.2, 0.25) is 0 Å². The van der Waals surface area contributed by atoms with Gasteiger partial charge in [-0.25, -0.2) is 0 Å². The Kier molecular flexibility index (Phi) is 9.64. The van der Waals surface area contributed by atoms with Gasteiger partial charge in [0.05, 0.1) is 0 Å². The van der Waals surface area contributed by atoms with Crippen LogP contribution in [0.25, 0.3) is 0 Å². The first-order valence-electron chi connectivity index (χ1n) is 5.50. The predicted octanol–water partition coefficient (Wildman–Crippen LogP) is -1.24. The van der Waals surface area contributed by atoms with Gasteiger partial charge in [-0.05, 0) is 25.7 Å². The Morgan fingerprint density at radius 1 is 0.750 bits per heavy atom. The van der Waals surface area contributed by atoms with Crippen molar-refractivity contribution in [2.45, 2.75) is 25.7 Å². The Morgan fingerprint density at radius 3 is 1.75 bits per heavy atom. The summed E-state index contributed by atoms with van der Waals surface area (Å²) in [5.74, 6) is -1.32. The SMILES string of the molecule is O=C(NCCCO)C(=O)NCCCCCO. The molecule has 0 aromatic carbocycles. The molecular formula is C10H20N2O4. The maximum absolute atomic E-state index is 11.1. The molecule has 0 aliphatic carbocycles. The number of unbranched alkanes of at least 4 members (excludes halogenated alkanes) is 2. The number of hydrogen-bond acceptors (Lipinski definition) is 4. The maximum Gasteiger partial charge on any atom is 0.309 e. The minimum absolute atomic E-state index is 0.0109. The molecule has 0 unspecified atom stereocenters. The van der Waals surface area contributed by atoms with Gasteiger partial charge >= 0.3 is 11.8 Å². The van der Waals surface area contributed by atoms with E-state index in [0.717, 1.165) is 12.8 Å². The molecular weight excluding hydrogens is 212 g/mol. The first-order valence-corrected chi connectivity index (χ1v) is 5.50. The van der Waals surface area contributed by atoms with Gasteiger partial charge in [0.25, 0.3) is 0 Å². The molecule has 0 aliphatic rings. The third-order valence-corrected chi connectivity index (χ3v) is 1.95. The number of nitrogens with one attached hydrogen (secondary N) is 2. The van der Waals surface area contributed by atoms with Gasteiger partial charge in [-0.2, -0.15) is 0 Å². The molecule has 0 fully saturated rings. The van der Waals surface area contributed by atoms with Crippen LogP contribution in [-0.2, 0) is 9.59 Å². The van der Waals surface area contributed by atoms with E-state index >= 15 is 0 Å². The summed E-state index contributed by atoms with van der Waals surface area (Å²) >= 11 is 0. The lowest BCUT2D eigenvalue weighted by Crippen LogP contribution is -2.40. The summed E-state index contributed by atoms with van der Waals surface area (Å²) in [6, 6.07) is 0. The smallest absolute Gasteiger partial charge is 0.309 e. The molecule has 0 saturated heterocycles. The summed E-state index contributed by atoms with van der Waals surface area (Å²) in [4.78, 5) is 22.2. The molecule has 6 nitrogen and oxygen atoms in total. The number of amides is 2. The Balaban J connectivity index is 3.44. The molecule has 2 amide bonds. The zero-order valence-corrected chi connectivity index (χ0v) is 9.37. The van der Waals surface area contributed by atoms with Crippen molar-refractivity contribution in [3.05, 3.63) is 0 Å². The number of carbonyl (C=O) groups excluding carboxylic acids is 2. The van der Waals surface area contributed by atoms with Gasteiger partial charge in [-0.1, -0.05) is 0 Å². The van der Waals surface area contributed by atoms with E-state index < -0.39 is 11.8 Å². The van der Waals surface area contributed by atoms with Crippen LogP contribution in [0.1, 0.15) is 25.7 Å². The molecule has 0 spiro atoms. The van der Waals surface area contributed by atoms with Crippen LogP contribution in [0.15, 0.2) is 0 Å². The van der Waals surface area contributed by atoms with Crippen molar-refractivity contribution in [3.63, 3.8) is 0 Å². The zero-order chi connectivity index (χ0) is 12.2. The summed E-state index contributed by atoms with van der Waals surface area (Å²) in [6.07, 6.45) is 2.72. The topological polar surface area (TPSA) is 98.7 Å². The maximum atomic E-state index is 11.1. The van der Waals surface area contributed by atoms with Crippen molar-refractivity contribution < 1.29 is 19.8 Å². The third kappa shape index (κ3) is 8.19. The minimum atomic E-state index is -0.671. The summed E-state index contributed by atoms with van der Waals surface area (Å²) in [5.41, 5.74) is 0. The highest BCUT2D eigenvalue weighted by atomic mass is 16.3. The molecule has 0 saturated carbocycles. The lowest BCUT2D eigenvalue weighted by atomic mass is 10.2. The Morgan fingerprint density at radius 2 is 1.25 bits per heavy atom. The Labute approximate surface area is 95.0 Å². The number of hydrogen-bond donors (Lipinski definition) is 4. The van der Waals surface area contributed by atoms with Gasteiger partial charge in [0.2, 0.25) is 0 Å². The monoisotopic (exact) mass is 232 g/mol. The average Bonchev–Trinajstić information content (AvgIpc) is 2.28. The fourth-order valence-corrected chi connectivity index (χ4v) is 1.06. The molecule has 0 aromatic rings. The van der Waals surface area contributed by atoms with Crippen molar-refractivity contribution in [1.82, 2.24) is 10.6 Å². The van der Waals surface area contributed by atoms with Crippen LogP contribution in [0.3, 0.4) is 0 Å².